The van der Waals surface area contributed by atoms with Crippen LogP contribution >= 0.6 is 0 Å². The summed E-state index contributed by atoms with van der Waals surface area (Å²) in [5.74, 6) is 1.88. The quantitative estimate of drug-likeness (QED) is 0.240. The molecule has 0 spiro atoms. The van der Waals surface area contributed by atoms with Crippen molar-refractivity contribution >= 4 is 32.4 Å². The standard InChI is InChI=1S/C25H18NO/c1-15-17-9-4-3-8-16(17)14-22-23(15)25-24-19(11-7-13-21(24)27-22)18-10-5-6-12-20(18)26(25)2/h3-14H,1-2H3/q+1. The first-order chi connectivity index (χ1) is 13.2. The van der Waals surface area contributed by atoms with E-state index < -0.39 is 0 Å². The molecule has 0 atom stereocenters. The van der Waals surface area contributed by atoms with Crippen LogP contribution in [-0.4, -0.2) is 0 Å². The fraction of sp³-hybridized carbons (Fsp3) is 0.0800. The zero-order valence-corrected chi connectivity index (χ0v) is 15.3. The van der Waals surface area contributed by atoms with E-state index in [0.29, 0.717) is 0 Å². The van der Waals surface area contributed by atoms with Crippen molar-refractivity contribution in [3.63, 3.8) is 0 Å². The summed E-state index contributed by atoms with van der Waals surface area (Å²) in [6, 6.07) is 25.7. The summed E-state index contributed by atoms with van der Waals surface area (Å²) < 4.78 is 8.75. The molecule has 2 heterocycles. The highest BCUT2D eigenvalue weighted by Crippen LogP contribution is 2.49. The molecule has 0 saturated carbocycles. The molecule has 0 unspecified atom stereocenters. The van der Waals surface area contributed by atoms with Gasteiger partial charge in [0.25, 0.3) is 0 Å². The average molecular weight is 348 g/mol. The number of para-hydroxylation sites is 1. The summed E-state index contributed by atoms with van der Waals surface area (Å²) in [5.41, 5.74) is 4.94. The van der Waals surface area contributed by atoms with Crippen LogP contribution in [0, 0.1) is 6.92 Å². The number of aryl methyl sites for hydroxylation is 2. The van der Waals surface area contributed by atoms with Crippen LogP contribution in [0.25, 0.3) is 43.7 Å². The summed E-state index contributed by atoms with van der Waals surface area (Å²) in [4.78, 5) is 0. The largest absolute Gasteiger partial charge is 0.456 e. The Kier molecular flexibility index (Phi) is 2.77. The van der Waals surface area contributed by atoms with E-state index >= 15 is 0 Å². The van der Waals surface area contributed by atoms with Gasteiger partial charge in [0.15, 0.2) is 0 Å². The number of fused-ring (bicyclic) bond motifs is 5. The van der Waals surface area contributed by atoms with Crippen LogP contribution in [0.5, 0.6) is 11.5 Å². The van der Waals surface area contributed by atoms with Gasteiger partial charge in [0, 0.05) is 11.5 Å². The third kappa shape index (κ3) is 1.82. The fourth-order valence-corrected chi connectivity index (χ4v) is 4.65. The van der Waals surface area contributed by atoms with Crippen LogP contribution in [0.3, 0.4) is 0 Å². The number of benzene rings is 4. The first-order valence-corrected chi connectivity index (χ1v) is 9.28. The van der Waals surface area contributed by atoms with Gasteiger partial charge < -0.3 is 4.74 Å². The van der Waals surface area contributed by atoms with Gasteiger partial charge in [0.1, 0.15) is 18.5 Å². The Bertz CT molecular complexity index is 1420. The van der Waals surface area contributed by atoms with Crippen LogP contribution in [0.1, 0.15) is 5.56 Å². The minimum absolute atomic E-state index is 0.936. The van der Waals surface area contributed by atoms with Crippen LogP contribution in [-0.2, 0) is 7.05 Å². The number of rotatable bonds is 0. The second-order valence-corrected chi connectivity index (χ2v) is 7.30. The first kappa shape index (κ1) is 14.7. The van der Waals surface area contributed by atoms with E-state index in [1.54, 1.807) is 0 Å². The van der Waals surface area contributed by atoms with E-state index in [0.717, 1.165) is 11.5 Å². The Morgan fingerprint density at radius 1 is 0.741 bits per heavy atom. The second-order valence-electron chi connectivity index (χ2n) is 7.30. The van der Waals surface area contributed by atoms with Gasteiger partial charge in [0.05, 0.1) is 16.3 Å². The normalized spacial score (nSPS) is 12.4. The van der Waals surface area contributed by atoms with Crippen LogP contribution in [0.2, 0.25) is 0 Å². The van der Waals surface area contributed by atoms with Crippen molar-refractivity contribution in [1.29, 1.82) is 0 Å². The monoisotopic (exact) mass is 348 g/mol. The molecule has 6 rings (SSSR count). The maximum atomic E-state index is 6.43. The van der Waals surface area contributed by atoms with Crippen molar-refractivity contribution in [3.8, 4) is 22.8 Å². The Hall–Kier alpha value is -3.39. The molecular weight excluding hydrogens is 330 g/mol. The molecule has 0 fully saturated rings. The van der Waals surface area contributed by atoms with Crippen molar-refractivity contribution in [2.24, 2.45) is 7.05 Å². The maximum Gasteiger partial charge on any atom is 0.228 e. The molecular formula is C25H18NO+. The molecule has 128 valence electrons. The van der Waals surface area contributed by atoms with Gasteiger partial charge in [-0.2, -0.15) is 4.57 Å². The molecule has 1 aliphatic rings. The number of aromatic nitrogens is 1. The minimum atomic E-state index is 0.936. The Morgan fingerprint density at radius 2 is 1.48 bits per heavy atom. The van der Waals surface area contributed by atoms with E-state index in [9.17, 15) is 0 Å². The molecule has 0 saturated heterocycles. The van der Waals surface area contributed by atoms with Crippen LogP contribution in [0.4, 0.5) is 0 Å². The lowest BCUT2D eigenvalue weighted by Gasteiger charge is -2.22. The lowest BCUT2D eigenvalue weighted by molar-refractivity contribution is -0.632. The summed E-state index contributed by atoms with van der Waals surface area (Å²) in [6.07, 6.45) is 0. The predicted molar refractivity (Wildman–Crippen MR) is 110 cm³/mol. The van der Waals surface area contributed by atoms with Crippen molar-refractivity contribution in [1.82, 2.24) is 0 Å². The van der Waals surface area contributed by atoms with Crippen molar-refractivity contribution in [2.75, 3.05) is 0 Å². The highest BCUT2D eigenvalue weighted by molar-refractivity contribution is 6.13. The number of nitrogens with zero attached hydrogens (tertiary/aromatic N) is 1. The molecule has 0 amide bonds. The van der Waals surface area contributed by atoms with E-state index in [4.69, 9.17) is 4.74 Å². The Morgan fingerprint density at radius 3 is 2.37 bits per heavy atom. The van der Waals surface area contributed by atoms with E-state index in [2.05, 4.69) is 91.3 Å². The molecule has 1 aromatic heterocycles. The zero-order valence-electron chi connectivity index (χ0n) is 15.3. The van der Waals surface area contributed by atoms with Gasteiger partial charge in [-0.15, -0.1) is 0 Å². The molecule has 0 aliphatic carbocycles. The molecule has 0 radical (unpaired) electrons. The topological polar surface area (TPSA) is 13.1 Å². The highest BCUT2D eigenvalue weighted by Gasteiger charge is 2.31. The summed E-state index contributed by atoms with van der Waals surface area (Å²) in [5, 5.41) is 6.19. The summed E-state index contributed by atoms with van der Waals surface area (Å²) in [6.45, 7) is 2.21. The van der Waals surface area contributed by atoms with E-state index in [1.807, 2.05) is 0 Å². The molecule has 0 bridgehead atoms. The lowest BCUT2D eigenvalue weighted by atomic mass is 9.91. The smallest absolute Gasteiger partial charge is 0.228 e. The van der Waals surface area contributed by atoms with Gasteiger partial charge in [-0.05, 0) is 41.5 Å². The fourth-order valence-electron chi connectivity index (χ4n) is 4.65. The number of hydrogen-bond donors (Lipinski definition) is 0. The van der Waals surface area contributed by atoms with Gasteiger partial charge in [-0.1, -0.05) is 48.5 Å². The number of hydrogen-bond acceptors (Lipinski definition) is 1. The van der Waals surface area contributed by atoms with Crippen LogP contribution in [0.15, 0.2) is 72.8 Å². The van der Waals surface area contributed by atoms with Gasteiger partial charge >= 0.3 is 0 Å². The zero-order chi connectivity index (χ0) is 18.1. The average Bonchev–Trinajstić information content (AvgIpc) is 2.71. The molecule has 2 heteroatoms. The summed E-state index contributed by atoms with van der Waals surface area (Å²) in [7, 11) is 2.16. The Balaban J connectivity index is 1.90. The summed E-state index contributed by atoms with van der Waals surface area (Å²) >= 11 is 0. The SMILES string of the molecule is Cc1c2c(cc3ccccc13)Oc1cccc3c1c-2[n+](C)c1ccccc31. The van der Waals surface area contributed by atoms with Crippen molar-refractivity contribution < 1.29 is 9.30 Å². The first-order valence-electron chi connectivity index (χ1n) is 9.28. The minimum Gasteiger partial charge on any atom is -0.456 e. The number of pyridine rings is 1. The molecule has 27 heavy (non-hydrogen) atoms. The molecule has 2 nitrogen and oxygen atoms in total. The molecule has 4 aromatic carbocycles. The predicted octanol–water partition coefficient (Wildman–Crippen LogP) is 6.05. The lowest BCUT2D eigenvalue weighted by Crippen LogP contribution is -2.33. The third-order valence-electron chi connectivity index (χ3n) is 5.88. The molecule has 5 aromatic rings. The Labute approximate surface area is 157 Å². The highest BCUT2D eigenvalue weighted by atomic mass is 16.5. The van der Waals surface area contributed by atoms with Crippen molar-refractivity contribution in [3.05, 3.63) is 78.4 Å². The molecule has 1 aliphatic heterocycles. The van der Waals surface area contributed by atoms with Crippen molar-refractivity contribution in [2.45, 2.75) is 6.92 Å². The van der Waals surface area contributed by atoms with E-state index in [1.165, 1.54) is 49.3 Å². The van der Waals surface area contributed by atoms with Gasteiger partial charge in [-0.25, -0.2) is 0 Å². The van der Waals surface area contributed by atoms with Gasteiger partial charge in [-0.3, -0.25) is 0 Å². The van der Waals surface area contributed by atoms with E-state index in [-0.39, 0.29) is 0 Å². The molecule has 0 N–H and O–H groups in total. The third-order valence-corrected chi connectivity index (χ3v) is 5.88. The number of ether oxygens (including phenoxy) is 1. The maximum absolute atomic E-state index is 6.43. The second kappa shape index (κ2) is 5.08. The van der Waals surface area contributed by atoms with Gasteiger partial charge in [0.2, 0.25) is 11.2 Å². The van der Waals surface area contributed by atoms with Crippen LogP contribution < -0.4 is 9.30 Å².